The molecular formula is C41H73N5O8. The Kier molecular flexibility index (Phi) is 22.4. The van der Waals surface area contributed by atoms with Gasteiger partial charge in [-0.2, -0.15) is 0 Å². The molecule has 0 bridgehead atoms. The van der Waals surface area contributed by atoms with Crippen molar-refractivity contribution < 1.29 is 38.2 Å². The Morgan fingerprint density at radius 2 is 1.07 bits per heavy atom. The van der Waals surface area contributed by atoms with Crippen LogP contribution in [0.25, 0.3) is 0 Å². The standard InChI is InChI=1S/C41H73N5O8/c1-8-9-10-11-12-13-14-15-16-17-31-27-36(47)42-33(24-28(2)3)38(49)44-35(26-30(6)7)40(51)45-34(25-29(4)5)39(50)43-32(41(52)54-31)18-19-37(48)46-20-22-53-23-21-46/h28-35H,8-27H2,1-7H3,(H,42,47)(H,43,50)(H,44,49)(H,45,51)/t31-,32+,33+,34+,35-/m1/s1. The zero-order valence-corrected chi connectivity index (χ0v) is 34.5. The molecule has 4 N–H and O–H groups in total. The van der Waals surface area contributed by atoms with Crippen LogP contribution in [0, 0.1) is 17.8 Å². The molecule has 0 radical (unpaired) electrons. The molecule has 2 aliphatic heterocycles. The normalized spacial score (nSPS) is 23.9. The highest BCUT2D eigenvalue weighted by molar-refractivity contribution is 5.95. The molecule has 5 amide bonds. The van der Waals surface area contributed by atoms with Gasteiger partial charge < -0.3 is 35.6 Å². The van der Waals surface area contributed by atoms with Crippen LogP contribution < -0.4 is 21.3 Å². The minimum atomic E-state index is -1.18. The number of hydrogen-bond acceptors (Lipinski definition) is 8. The van der Waals surface area contributed by atoms with Gasteiger partial charge >= 0.3 is 5.97 Å². The largest absolute Gasteiger partial charge is 0.460 e. The number of nitrogens with one attached hydrogen (secondary N) is 4. The molecule has 54 heavy (non-hydrogen) atoms. The number of morpholine rings is 1. The van der Waals surface area contributed by atoms with Gasteiger partial charge in [-0.05, 0) is 56.3 Å². The number of unbranched alkanes of at least 4 members (excludes halogenated alkanes) is 8. The van der Waals surface area contributed by atoms with Gasteiger partial charge in [0.2, 0.25) is 29.5 Å². The summed E-state index contributed by atoms with van der Waals surface area (Å²) in [6, 6.07) is -4.06. The summed E-state index contributed by atoms with van der Waals surface area (Å²) in [5.41, 5.74) is 0. The number of carbonyl (C=O) groups excluding carboxylic acids is 6. The number of rotatable bonds is 19. The van der Waals surface area contributed by atoms with Crippen LogP contribution in [0.1, 0.15) is 151 Å². The summed E-state index contributed by atoms with van der Waals surface area (Å²) in [6.45, 7) is 15.6. The summed E-state index contributed by atoms with van der Waals surface area (Å²) in [4.78, 5) is 83.8. The van der Waals surface area contributed by atoms with E-state index in [0.29, 0.717) is 45.6 Å². The molecule has 0 aromatic carbocycles. The first-order chi connectivity index (χ1) is 25.7. The maximum Gasteiger partial charge on any atom is 0.328 e. The molecule has 13 nitrogen and oxygen atoms in total. The monoisotopic (exact) mass is 764 g/mol. The Morgan fingerprint density at radius 1 is 0.630 bits per heavy atom. The van der Waals surface area contributed by atoms with E-state index in [1.165, 1.54) is 32.1 Å². The molecule has 13 heteroatoms. The molecule has 2 heterocycles. The van der Waals surface area contributed by atoms with E-state index in [2.05, 4.69) is 28.2 Å². The van der Waals surface area contributed by atoms with Gasteiger partial charge in [-0.15, -0.1) is 0 Å². The fourth-order valence-corrected chi connectivity index (χ4v) is 7.01. The van der Waals surface area contributed by atoms with Gasteiger partial charge in [-0.3, -0.25) is 24.0 Å². The smallest absolute Gasteiger partial charge is 0.328 e. The Balaban J connectivity index is 2.41. The lowest BCUT2D eigenvalue weighted by Gasteiger charge is -2.30. The van der Waals surface area contributed by atoms with Crippen molar-refractivity contribution in [2.24, 2.45) is 17.8 Å². The molecule has 2 aliphatic rings. The Hall–Kier alpha value is -3.22. The maximum absolute atomic E-state index is 14.0. The van der Waals surface area contributed by atoms with Crippen LogP contribution in [0.3, 0.4) is 0 Å². The van der Waals surface area contributed by atoms with E-state index in [4.69, 9.17) is 9.47 Å². The van der Waals surface area contributed by atoms with Gasteiger partial charge in [-0.25, -0.2) is 4.79 Å². The number of ether oxygens (including phenoxy) is 2. The highest BCUT2D eigenvalue weighted by Gasteiger charge is 2.35. The van der Waals surface area contributed by atoms with Crippen LogP contribution in [-0.2, 0) is 38.2 Å². The van der Waals surface area contributed by atoms with Gasteiger partial charge in [0.25, 0.3) is 0 Å². The molecular weight excluding hydrogens is 690 g/mol. The molecule has 0 unspecified atom stereocenters. The predicted octanol–water partition coefficient (Wildman–Crippen LogP) is 4.94. The average Bonchev–Trinajstić information content (AvgIpc) is 3.10. The summed E-state index contributed by atoms with van der Waals surface area (Å²) < 4.78 is 11.4. The first-order valence-corrected chi connectivity index (χ1v) is 21.0. The Morgan fingerprint density at radius 3 is 1.56 bits per heavy atom. The summed E-state index contributed by atoms with van der Waals surface area (Å²) in [7, 11) is 0. The number of cyclic esters (lactones) is 1. The molecule has 2 saturated heterocycles. The van der Waals surface area contributed by atoms with Crippen LogP contribution in [0.15, 0.2) is 0 Å². The second-order valence-electron chi connectivity index (χ2n) is 16.6. The zero-order valence-electron chi connectivity index (χ0n) is 34.5. The van der Waals surface area contributed by atoms with E-state index in [1.54, 1.807) is 4.90 Å². The summed E-state index contributed by atoms with van der Waals surface area (Å²) in [6.07, 6.45) is 10.3. The Bertz CT molecular complexity index is 1170. The minimum Gasteiger partial charge on any atom is -0.460 e. The van der Waals surface area contributed by atoms with Gasteiger partial charge in [-0.1, -0.05) is 99.8 Å². The fraction of sp³-hybridized carbons (Fsp3) is 0.854. The lowest BCUT2D eigenvalue weighted by Crippen LogP contribution is -2.59. The average molecular weight is 764 g/mol. The Labute approximate surface area is 324 Å². The summed E-state index contributed by atoms with van der Waals surface area (Å²) in [5.74, 6) is -2.82. The third-order valence-electron chi connectivity index (χ3n) is 9.98. The predicted molar refractivity (Wildman–Crippen MR) is 209 cm³/mol. The van der Waals surface area contributed by atoms with Crippen LogP contribution >= 0.6 is 0 Å². The lowest BCUT2D eigenvalue weighted by atomic mass is 9.98. The van der Waals surface area contributed by atoms with E-state index in [9.17, 15) is 28.8 Å². The quantitative estimate of drug-likeness (QED) is 0.106. The van der Waals surface area contributed by atoms with Crippen molar-refractivity contribution in [1.82, 2.24) is 26.2 Å². The third-order valence-corrected chi connectivity index (χ3v) is 9.98. The van der Waals surface area contributed by atoms with Crippen LogP contribution in [-0.4, -0.2) is 97.0 Å². The molecule has 2 fully saturated rings. The van der Waals surface area contributed by atoms with Gasteiger partial charge in [0.1, 0.15) is 30.3 Å². The first kappa shape index (κ1) is 46.9. The zero-order chi connectivity index (χ0) is 40.0. The number of hydrogen-bond donors (Lipinski definition) is 4. The van der Waals surface area contributed by atoms with Crippen LogP contribution in [0.5, 0.6) is 0 Å². The number of carbonyl (C=O) groups is 6. The van der Waals surface area contributed by atoms with E-state index in [-0.39, 0.29) is 49.3 Å². The fourth-order valence-electron chi connectivity index (χ4n) is 7.01. The van der Waals surface area contributed by atoms with Crippen LogP contribution in [0.2, 0.25) is 0 Å². The van der Waals surface area contributed by atoms with Crippen molar-refractivity contribution >= 4 is 35.5 Å². The number of esters is 1. The van der Waals surface area contributed by atoms with Crippen molar-refractivity contribution in [3.63, 3.8) is 0 Å². The molecule has 0 aromatic rings. The van der Waals surface area contributed by atoms with Crippen molar-refractivity contribution in [2.75, 3.05) is 26.3 Å². The first-order valence-electron chi connectivity index (χ1n) is 21.0. The molecule has 0 saturated carbocycles. The molecule has 0 spiro atoms. The molecule has 0 aliphatic carbocycles. The third kappa shape index (κ3) is 18.9. The number of nitrogens with zero attached hydrogens (tertiary/aromatic N) is 1. The molecule has 5 atom stereocenters. The van der Waals surface area contributed by atoms with E-state index in [1.807, 2.05) is 41.5 Å². The summed E-state index contributed by atoms with van der Waals surface area (Å²) in [5, 5.41) is 11.4. The van der Waals surface area contributed by atoms with Gasteiger partial charge in [0, 0.05) is 19.5 Å². The lowest BCUT2D eigenvalue weighted by molar-refractivity contribution is -0.155. The number of amides is 5. The highest BCUT2D eigenvalue weighted by atomic mass is 16.5. The molecule has 310 valence electrons. The van der Waals surface area contributed by atoms with E-state index in [0.717, 1.165) is 25.7 Å². The second-order valence-corrected chi connectivity index (χ2v) is 16.6. The summed E-state index contributed by atoms with van der Waals surface area (Å²) >= 11 is 0. The van der Waals surface area contributed by atoms with Gasteiger partial charge in [0.05, 0.1) is 19.6 Å². The van der Waals surface area contributed by atoms with Crippen LogP contribution in [0.4, 0.5) is 0 Å². The van der Waals surface area contributed by atoms with Crippen molar-refractivity contribution in [1.29, 1.82) is 0 Å². The van der Waals surface area contributed by atoms with Crippen molar-refractivity contribution in [3.05, 3.63) is 0 Å². The second kappa shape index (κ2) is 25.8. The van der Waals surface area contributed by atoms with E-state index < -0.39 is 59.9 Å². The van der Waals surface area contributed by atoms with E-state index >= 15 is 0 Å². The topological polar surface area (TPSA) is 172 Å². The van der Waals surface area contributed by atoms with Crippen molar-refractivity contribution in [2.45, 2.75) is 181 Å². The maximum atomic E-state index is 14.0. The van der Waals surface area contributed by atoms with Crippen molar-refractivity contribution in [3.8, 4) is 0 Å². The molecule has 2 rings (SSSR count). The SMILES string of the molecule is CCCCCCCCCCC[C@@H]1CC(=O)N[C@@H](CC(C)C)C(=O)N[C@H](CC(C)C)C(=O)N[C@@H](CC(C)C)C(=O)N[C@@H](CCC(=O)N2CCOCC2)C(=O)O1. The van der Waals surface area contributed by atoms with Gasteiger partial charge in [0.15, 0.2) is 0 Å². The highest BCUT2D eigenvalue weighted by Crippen LogP contribution is 2.18. The minimum absolute atomic E-state index is 0.00411. The molecule has 0 aromatic heterocycles.